The van der Waals surface area contributed by atoms with Gasteiger partial charge >= 0.3 is 0 Å². The van der Waals surface area contributed by atoms with Gasteiger partial charge < -0.3 is 5.73 Å². The molecule has 3 aromatic rings. The van der Waals surface area contributed by atoms with Gasteiger partial charge in [-0.1, -0.05) is 41.9 Å². The van der Waals surface area contributed by atoms with Crippen molar-refractivity contribution in [1.82, 2.24) is 9.78 Å². The van der Waals surface area contributed by atoms with Crippen molar-refractivity contribution < 1.29 is 4.79 Å². The molecule has 110 valence electrons. The highest BCUT2D eigenvalue weighted by molar-refractivity contribution is 6.30. The molecule has 0 aliphatic rings. The topological polar surface area (TPSA) is 60.9 Å². The number of hydrogen-bond donors (Lipinski definition) is 1. The molecule has 0 amide bonds. The van der Waals surface area contributed by atoms with Crippen molar-refractivity contribution in [3.8, 4) is 11.1 Å². The van der Waals surface area contributed by atoms with Crippen LogP contribution in [0.2, 0.25) is 5.02 Å². The van der Waals surface area contributed by atoms with Crippen molar-refractivity contribution in [2.45, 2.75) is 6.92 Å². The predicted molar refractivity (Wildman–Crippen MR) is 88.0 cm³/mol. The van der Waals surface area contributed by atoms with Crippen molar-refractivity contribution in [2.75, 3.05) is 5.73 Å². The fourth-order valence-electron chi connectivity index (χ4n) is 2.38. The molecular weight excluding hydrogens is 298 g/mol. The molecule has 0 atom stereocenters. The van der Waals surface area contributed by atoms with Gasteiger partial charge in [0.2, 0.25) is 0 Å². The van der Waals surface area contributed by atoms with Crippen LogP contribution >= 0.6 is 11.6 Å². The van der Waals surface area contributed by atoms with Gasteiger partial charge in [-0.05, 0) is 36.8 Å². The number of aryl methyl sites for hydroxylation is 1. The maximum atomic E-state index is 12.6. The Morgan fingerprint density at radius 3 is 2.36 bits per heavy atom. The number of anilines is 1. The van der Waals surface area contributed by atoms with E-state index in [9.17, 15) is 4.79 Å². The van der Waals surface area contributed by atoms with Crippen LogP contribution in [-0.4, -0.2) is 15.7 Å². The van der Waals surface area contributed by atoms with E-state index in [-0.39, 0.29) is 5.91 Å². The maximum absolute atomic E-state index is 12.6. The SMILES string of the molecule is Cc1nn(C(=O)c2ccc(Cl)cc2)c(N)c1-c1ccccc1. The highest BCUT2D eigenvalue weighted by atomic mass is 35.5. The number of hydrogen-bond acceptors (Lipinski definition) is 3. The third-order valence-electron chi connectivity index (χ3n) is 3.44. The summed E-state index contributed by atoms with van der Waals surface area (Å²) >= 11 is 5.84. The average molecular weight is 312 g/mol. The second-order valence-corrected chi connectivity index (χ2v) is 5.37. The minimum Gasteiger partial charge on any atom is -0.383 e. The molecule has 0 aliphatic heterocycles. The maximum Gasteiger partial charge on any atom is 0.280 e. The van der Waals surface area contributed by atoms with Crippen LogP contribution in [0.5, 0.6) is 0 Å². The number of rotatable bonds is 2. The normalized spacial score (nSPS) is 10.6. The monoisotopic (exact) mass is 311 g/mol. The Morgan fingerprint density at radius 2 is 1.73 bits per heavy atom. The van der Waals surface area contributed by atoms with Gasteiger partial charge in [-0.15, -0.1) is 0 Å². The third-order valence-corrected chi connectivity index (χ3v) is 3.69. The molecule has 0 spiro atoms. The van der Waals surface area contributed by atoms with Crippen LogP contribution < -0.4 is 5.73 Å². The Hall–Kier alpha value is -2.59. The molecule has 22 heavy (non-hydrogen) atoms. The second kappa shape index (κ2) is 5.66. The Kier molecular flexibility index (Phi) is 3.69. The molecule has 2 N–H and O–H groups in total. The lowest BCUT2D eigenvalue weighted by atomic mass is 10.1. The smallest absolute Gasteiger partial charge is 0.280 e. The standard InChI is InChI=1S/C17H14ClN3O/c1-11-15(12-5-3-2-4-6-12)16(19)21(20-11)17(22)13-7-9-14(18)10-8-13/h2-10H,19H2,1H3. The van der Waals surface area contributed by atoms with E-state index in [4.69, 9.17) is 17.3 Å². The first kappa shape index (κ1) is 14.4. The molecule has 0 aliphatic carbocycles. The van der Waals surface area contributed by atoms with Gasteiger partial charge in [0.25, 0.3) is 5.91 Å². The zero-order chi connectivity index (χ0) is 15.7. The number of carbonyl (C=O) groups excluding carboxylic acids is 1. The first-order valence-electron chi connectivity index (χ1n) is 6.78. The first-order valence-corrected chi connectivity index (χ1v) is 7.16. The third kappa shape index (κ3) is 2.49. The van der Waals surface area contributed by atoms with E-state index < -0.39 is 0 Å². The molecule has 1 heterocycles. The van der Waals surface area contributed by atoms with E-state index in [0.29, 0.717) is 22.1 Å². The number of carbonyl (C=O) groups is 1. The number of halogens is 1. The fourth-order valence-corrected chi connectivity index (χ4v) is 2.50. The van der Waals surface area contributed by atoms with Crippen molar-refractivity contribution >= 4 is 23.3 Å². The molecule has 3 rings (SSSR count). The lowest BCUT2D eigenvalue weighted by Crippen LogP contribution is -2.16. The van der Waals surface area contributed by atoms with Crippen LogP contribution in [-0.2, 0) is 0 Å². The highest BCUT2D eigenvalue weighted by Gasteiger charge is 2.19. The number of nitrogen functional groups attached to an aromatic ring is 1. The van der Waals surface area contributed by atoms with Crippen molar-refractivity contribution in [2.24, 2.45) is 0 Å². The van der Waals surface area contributed by atoms with E-state index in [2.05, 4.69) is 5.10 Å². The second-order valence-electron chi connectivity index (χ2n) is 4.94. The molecule has 0 radical (unpaired) electrons. The molecule has 0 fully saturated rings. The van der Waals surface area contributed by atoms with Gasteiger partial charge in [0.05, 0.1) is 5.69 Å². The van der Waals surface area contributed by atoms with E-state index in [1.165, 1.54) is 4.68 Å². The summed E-state index contributed by atoms with van der Waals surface area (Å²) in [7, 11) is 0. The fraction of sp³-hybridized carbons (Fsp3) is 0.0588. The zero-order valence-electron chi connectivity index (χ0n) is 12.0. The summed E-state index contributed by atoms with van der Waals surface area (Å²) in [6.07, 6.45) is 0. The van der Waals surface area contributed by atoms with Crippen LogP contribution in [0.4, 0.5) is 5.82 Å². The average Bonchev–Trinajstić information content (AvgIpc) is 2.83. The van der Waals surface area contributed by atoms with Crippen molar-refractivity contribution in [1.29, 1.82) is 0 Å². The van der Waals surface area contributed by atoms with E-state index in [0.717, 1.165) is 11.1 Å². The zero-order valence-corrected chi connectivity index (χ0v) is 12.7. The molecular formula is C17H14ClN3O. The Labute approximate surface area is 133 Å². The summed E-state index contributed by atoms with van der Waals surface area (Å²) in [6.45, 7) is 1.84. The number of benzene rings is 2. The van der Waals surface area contributed by atoms with Crippen LogP contribution in [0.15, 0.2) is 54.6 Å². The summed E-state index contributed by atoms with van der Waals surface area (Å²) in [5.41, 5.74) is 9.07. The quantitative estimate of drug-likeness (QED) is 0.783. The van der Waals surface area contributed by atoms with Gasteiger partial charge in [-0.3, -0.25) is 4.79 Å². The lowest BCUT2D eigenvalue weighted by Gasteiger charge is -2.04. The molecule has 0 saturated carbocycles. The van der Waals surface area contributed by atoms with E-state index >= 15 is 0 Å². The van der Waals surface area contributed by atoms with Gasteiger partial charge in [0, 0.05) is 16.1 Å². The van der Waals surface area contributed by atoms with Crippen LogP contribution in [0, 0.1) is 6.92 Å². The number of nitrogens with two attached hydrogens (primary N) is 1. The lowest BCUT2D eigenvalue weighted by molar-refractivity contribution is 0.0947. The molecule has 4 nitrogen and oxygen atoms in total. The number of nitrogens with zero attached hydrogens (tertiary/aromatic N) is 2. The molecule has 5 heteroatoms. The summed E-state index contributed by atoms with van der Waals surface area (Å²) in [5, 5.41) is 4.87. The summed E-state index contributed by atoms with van der Waals surface area (Å²) < 4.78 is 1.24. The largest absolute Gasteiger partial charge is 0.383 e. The summed E-state index contributed by atoms with van der Waals surface area (Å²) in [5.74, 6) is 0.0584. The first-order chi connectivity index (χ1) is 10.6. The molecule has 0 bridgehead atoms. The Morgan fingerprint density at radius 1 is 1.09 bits per heavy atom. The molecule has 0 saturated heterocycles. The van der Waals surface area contributed by atoms with Gasteiger partial charge in [0.1, 0.15) is 5.82 Å². The molecule has 0 unspecified atom stereocenters. The number of aromatic nitrogens is 2. The van der Waals surface area contributed by atoms with Gasteiger partial charge in [0.15, 0.2) is 0 Å². The summed E-state index contributed by atoms with van der Waals surface area (Å²) in [6, 6.07) is 16.3. The van der Waals surface area contributed by atoms with Gasteiger partial charge in [-0.25, -0.2) is 0 Å². The van der Waals surface area contributed by atoms with Crippen LogP contribution in [0.25, 0.3) is 11.1 Å². The summed E-state index contributed by atoms with van der Waals surface area (Å²) in [4.78, 5) is 12.6. The van der Waals surface area contributed by atoms with Crippen LogP contribution in [0.3, 0.4) is 0 Å². The van der Waals surface area contributed by atoms with Gasteiger partial charge in [-0.2, -0.15) is 9.78 Å². The van der Waals surface area contributed by atoms with E-state index in [1.807, 2.05) is 37.3 Å². The van der Waals surface area contributed by atoms with Crippen molar-refractivity contribution in [3.63, 3.8) is 0 Å². The minimum atomic E-state index is -0.278. The molecule has 2 aromatic carbocycles. The predicted octanol–water partition coefficient (Wildman–Crippen LogP) is 3.78. The van der Waals surface area contributed by atoms with E-state index in [1.54, 1.807) is 24.3 Å². The Balaban J connectivity index is 2.06. The highest BCUT2D eigenvalue weighted by Crippen LogP contribution is 2.29. The van der Waals surface area contributed by atoms with Crippen LogP contribution in [0.1, 0.15) is 16.1 Å². The van der Waals surface area contributed by atoms with Crippen molar-refractivity contribution in [3.05, 3.63) is 70.9 Å². The molecule has 1 aromatic heterocycles. The minimum absolute atomic E-state index is 0.278. The Bertz CT molecular complexity index is 823.